The Labute approximate surface area is 83.5 Å². The van der Waals surface area contributed by atoms with Crippen molar-refractivity contribution in [1.29, 1.82) is 0 Å². The van der Waals surface area contributed by atoms with Crippen LogP contribution in [0.4, 0.5) is 0 Å². The second-order valence-corrected chi connectivity index (χ2v) is 2.80. The predicted molar refractivity (Wildman–Crippen MR) is 60.8 cm³/mol. The standard InChI is InChI=1S/C8H16N6/c1-5(11-9)7(3)13-14-8(4)6(2)12-10/h9-10H2,1-4H3/b11-5-,12-6+,13-7+,14-8-. The maximum Gasteiger partial charge on any atom is 0.0828 e. The van der Waals surface area contributed by atoms with Gasteiger partial charge in [-0.05, 0) is 27.7 Å². The van der Waals surface area contributed by atoms with E-state index < -0.39 is 0 Å². The van der Waals surface area contributed by atoms with Crippen LogP contribution in [0.25, 0.3) is 0 Å². The zero-order chi connectivity index (χ0) is 11.1. The lowest BCUT2D eigenvalue weighted by Gasteiger charge is -1.96. The number of nitrogens with zero attached hydrogens (tertiary/aromatic N) is 4. The van der Waals surface area contributed by atoms with Crippen molar-refractivity contribution in [1.82, 2.24) is 0 Å². The molecule has 0 unspecified atom stereocenters. The minimum Gasteiger partial charge on any atom is -0.323 e. The van der Waals surface area contributed by atoms with Gasteiger partial charge in [-0.2, -0.15) is 20.4 Å². The highest BCUT2D eigenvalue weighted by Gasteiger charge is 1.97. The average molecular weight is 196 g/mol. The van der Waals surface area contributed by atoms with Gasteiger partial charge in [0.15, 0.2) is 0 Å². The Morgan fingerprint density at radius 3 is 1.14 bits per heavy atom. The summed E-state index contributed by atoms with van der Waals surface area (Å²) in [5, 5.41) is 14.8. The molecular weight excluding hydrogens is 180 g/mol. The molecule has 0 rings (SSSR count). The second-order valence-electron chi connectivity index (χ2n) is 2.80. The average Bonchev–Trinajstić information content (AvgIpc) is 2.22. The Bertz CT molecular complexity index is 278. The third kappa shape index (κ3) is 3.79. The number of hydrogen-bond acceptors (Lipinski definition) is 6. The van der Waals surface area contributed by atoms with Gasteiger partial charge >= 0.3 is 0 Å². The summed E-state index contributed by atoms with van der Waals surface area (Å²) in [7, 11) is 0. The topological polar surface area (TPSA) is 101 Å². The van der Waals surface area contributed by atoms with E-state index in [1.165, 1.54) is 0 Å². The first-order valence-corrected chi connectivity index (χ1v) is 4.11. The maximum atomic E-state index is 5.08. The molecule has 78 valence electrons. The van der Waals surface area contributed by atoms with E-state index in [0.717, 1.165) is 0 Å². The quantitative estimate of drug-likeness (QED) is 0.390. The fourth-order valence-corrected chi connectivity index (χ4v) is 0.482. The van der Waals surface area contributed by atoms with Crippen molar-refractivity contribution in [2.24, 2.45) is 32.1 Å². The summed E-state index contributed by atoms with van der Waals surface area (Å²) in [5.74, 6) is 10.2. The van der Waals surface area contributed by atoms with Gasteiger partial charge in [-0.15, -0.1) is 0 Å². The number of hydrazone groups is 2. The van der Waals surface area contributed by atoms with Crippen LogP contribution < -0.4 is 11.7 Å². The van der Waals surface area contributed by atoms with E-state index in [0.29, 0.717) is 22.8 Å². The van der Waals surface area contributed by atoms with Crippen molar-refractivity contribution < 1.29 is 0 Å². The van der Waals surface area contributed by atoms with Gasteiger partial charge in [-0.3, -0.25) is 0 Å². The minimum atomic E-state index is 0.642. The molecule has 0 saturated carbocycles. The van der Waals surface area contributed by atoms with Crippen molar-refractivity contribution in [3.8, 4) is 0 Å². The molecule has 0 aliphatic carbocycles. The molecule has 0 radical (unpaired) electrons. The lowest BCUT2D eigenvalue weighted by molar-refractivity contribution is 1.20. The van der Waals surface area contributed by atoms with Crippen LogP contribution in [0.5, 0.6) is 0 Å². The van der Waals surface area contributed by atoms with E-state index in [1.54, 1.807) is 27.7 Å². The molecule has 0 aromatic heterocycles. The molecular formula is C8H16N6. The second kappa shape index (κ2) is 5.85. The van der Waals surface area contributed by atoms with Crippen LogP contribution in [0.15, 0.2) is 20.4 Å². The molecule has 6 nitrogen and oxygen atoms in total. The molecule has 0 aliphatic rings. The van der Waals surface area contributed by atoms with Gasteiger partial charge in [-0.1, -0.05) is 0 Å². The van der Waals surface area contributed by atoms with Gasteiger partial charge in [0.25, 0.3) is 0 Å². The van der Waals surface area contributed by atoms with Crippen LogP contribution in [0.2, 0.25) is 0 Å². The van der Waals surface area contributed by atoms with Gasteiger partial charge < -0.3 is 11.7 Å². The van der Waals surface area contributed by atoms with Crippen molar-refractivity contribution in [2.75, 3.05) is 0 Å². The van der Waals surface area contributed by atoms with E-state index in [9.17, 15) is 0 Å². The lowest BCUT2D eigenvalue weighted by atomic mass is 10.3. The smallest absolute Gasteiger partial charge is 0.0828 e. The summed E-state index contributed by atoms with van der Waals surface area (Å²) in [4.78, 5) is 0. The number of nitrogens with two attached hydrogens (primary N) is 2. The number of rotatable bonds is 3. The molecule has 0 saturated heterocycles. The summed E-state index contributed by atoms with van der Waals surface area (Å²) >= 11 is 0. The zero-order valence-corrected chi connectivity index (χ0v) is 8.94. The summed E-state index contributed by atoms with van der Waals surface area (Å²) < 4.78 is 0. The highest BCUT2D eigenvalue weighted by molar-refractivity contribution is 6.42. The van der Waals surface area contributed by atoms with Gasteiger partial charge in [0.2, 0.25) is 0 Å². The monoisotopic (exact) mass is 196 g/mol. The maximum absolute atomic E-state index is 5.08. The summed E-state index contributed by atoms with van der Waals surface area (Å²) in [6, 6.07) is 0. The van der Waals surface area contributed by atoms with Gasteiger partial charge in [0.05, 0.1) is 22.8 Å². The van der Waals surface area contributed by atoms with Crippen LogP contribution in [0, 0.1) is 0 Å². The predicted octanol–water partition coefficient (Wildman–Crippen LogP) is 0.492. The van der Waals surface area contributed by atoms with E-state index >= 15 is 0 Å². The summed E-state index contributed by atoms with van der Waals surface area (Å²) in [6.07, 6.45) is 0. The van der Waals surface area contributed by atoms with Crippen LogP contribution >= 0.6 is 0 Å². The van der Waals surface area contributed by atoms with Crippen LogP contribution in [-0.4, -0.2) is 22.8 Å². The molecule has 0 heterocycles. The molecule has 0 atom stereocenters. The molecule has 0 aliphatic heterocycles. The SMILES string of the molecule is CC(=N/N=C(C)/C(C)=N\N)/C(C)=N/N. The molecule has 0 aromatic carbocycles. The van der Waals surface area contributed by atoms with E-state index in [2.05, 4.69) is 20.4 Å². The van der Waals surface area contributed by atoms with Crippen molar-refractivity contribution in [3.05, 3.63) is 0 Å². The van der Waals surface area contributed by atoms with E-state index in [-0.39, 0.29) is 0 Å². The third-order valence-corrected chi connectivity index (χ3v) is 1.78. The first-order valence-electron chi connectivity index (χ1n) is 4.11. The molecule has 6 heteroatoms. The van der Waals surface area contributed by atoms with Crippen LogP contribution in [-0.2, 0) is 0 Å². The van der Waals surface area contributed by atoms with Gasteiger partial charge in [0, 0.05) is 0 Å². The third-order valence-electron chi connectivity index (χ3n) is 1.78. The highest BCUT2D eigenvalue weighted by atomic mass is 15.2. The van der Waals surface area contributed by atoms with Gasteiger partial charge in [-0.25, -0.2) is 0 Å². The molecule has 14 heavy (non-hydrogen) atoms. The molecule has 0 spiro atoms. The van der Waals surface area contributed by atoms with Crippen LogP contribution in [0.3, 0.4) is 0 Å². The Morgan fingerprint density at radius 2 is 0.929 bits per heavy atom. The normalized spacial score (nSPS) is 16.0. The van der Waals surface area contributed by atoms with Crippen molar-refractivity contribution in [3.63, 3.8) is 0 Å². The van der Waals surface area contributed by atoms with Gasteiger partial charge in [0.1, 0.15) is 0 Å². The fraction of sp³-hybridized carbons (Fsp3) is 0.500. The molecule has 0 fully saturated rings. The zero-order valence-electron chi connectivity index (χ0n) is 8.94. The molecule has 4 N–H and O–H groups in total. The Kier molecular flexibility index (Phi) is 5.13. The Morgan fingerprint density at radius 1 is 0.643 bits per heavy atom. The molecule has 0 amide bonds. The minimum absolute atomic E-state index is 0.642. The number of hydrogen-bond donors (Lipinski definition) is 2. The Balaban J connectivity index is 4.71. The largest absolute Gasteiger partial charge is 0.323 e. The molecule has 0 bridgehead atoms. The first-order chi connectivity index (χ1) is 6.52. The fourth-order valence-electron chi connectivity index (χ4n) is 0.482. The molecule has 0 aromatic rings. The lowest BCUT2D eigenvalue weighted by Crippen LogP contribution is -2.10. The van der Waals surface area contributed by atoms with E-state index in [4.69, 9.17) is 11.7 Å². The summed E-state index contributed by atoms with van der Waals surface area (Å²) in [5.41, 5.74) is 2.61. The van der Waals surface area contributed by atoms with Crippen LogP contribution in [0.1, 0.15) is 27.7 Å². The first kappa shape index (κ1) is 12.3. The highest BCUT2D eigenvalue weighted by Crippen LogP contribution is 1.88. The van der Waals surface area contributed by atoms with Crippen molar-refractivity contribution >= 4 is 22.8 Å². The summed E-state index contributed by atoms with van der Waals surface area (Å²) in [6.45, 7) is 7.07. The Hall–Kier alpha value is -1.72. The van der Waals surface area contributed by atoms with Crippen molar-refractivity contribution in [2.45, 2.75) is 27.7 Å². The van der Waals surface area contributed by atoms with E-state index in [1.807, 2.05) is 0 Å².